The molecule has 1 heterocycles. The van der Waals surface area contributed by atoms with Gasteiger partial charge in [-0.05, 0) is 30.2 Å². The van der Waals surface area contributed by atoms with E-state index in [4.69, 9.17) is 16.4 Å². The Balaban J connectivity index is 0.000000829. The molecule has 7 nitrogen and oxygen atoms in total. The third-order valence-corrected chi connectivity index (χ3v) is 2.87. The van der Waals surface area contributed by atoms with Gasteiger partial charge in [0.05, 0.1) is 17.2 Å². The van der Waals surface area contributed by atoms with Crippen LogP contribution in [0.3, 0.4) is 0 Å². The minimum Gasteiger partial charge on any atom is -0.323 e. The summed E-state index contributed by atoms with van der Waals surface area (Å²) in [6, 6.07) is 3.89. The average molecular weight is 272 g/mol. The number of aromatic nitrogens is 2. The van der Waals surface area contributed by atoms with Gasteiger partial charge in [0.15, 0.2) is 0 Å². The average Bonchev–Trinajstić information content (AvgIpc) is 2.69. The van der Waals surface area contributed by atoms with Gasteiger partial charge in [-0.15, -0.1) is 0 Å². The normalized spacial score (nSPS) is 9.55. The summed E-state index contributed by atoms with van der Waals surface area (Å²) in [5.74, 6) is 5.14. The second-order valence-corrected chi connectivity index (χ2v) is 3.88. The lowest BCUT2D eigenvalue weighted by molar-refractivity contribution is 0.795. The number of aryl methyl sites for hydroxylation is 3. The SMILES string of the molecule is C#N.C#N.Cc1cc2c(cc1C=NN)n(C)c(=O)n2C. The lowest BCUT2D eigenvalue weighted by atomic mass is 10.1. The van der Waals surface area contributed by atoms with Gasteiger partial charge in [0.25, 0.3) is 0 Å². The first kappa shape index (κ1) is 16.9. The minimum absolute atomic E-state index is 0.0313. The molecule has 2 aromatic rings. The van der Waals surface area contributed by atoms with Gasteiger partial charge in [-0.3, -0.25) is 9.13 Å². The molecule has 0 unspecified atom stereocenters. The Bertz CT molecular complexity index is 711. The molecule has 0 aliphatic heterocycles. The molecule has 0 atom stereocenters. The Kier molecular flexibility index (Phi) is 6.26. The highest BCUT2D eigenvalue weighted by Crippen LogP contribution is 2.16. The van der Waals surface area contributed by atoms with Crippen molar-refractivity contribution in [2.45, 2.75) is 6.92 Å². The van der Waals surface area contributed by atoms with Crippen LogP contribution in [0.15, 0.2) is 22.0 Å². The van der Waals surface area contributed by atoms with E-state index < -0.39 is 0 Å². The second-order valence-electron chi connectivity index (χ2n) is 3.88. The van der Waals surface area contributed by atoms with Crippen LogP contribution < -0.4 is 11.5 Å². The van der Waals surface area contributed by atoms with Crippen LogP contribution in [-0.2, 0) is 14.1 Å². The number of hydrogen-bond donors (Lipinski definition) is 1. The molecule has 7 heteroatoms. The fourth-order valence-electron chi connectivity index (χ4n) is 1.89. The Labute approximate surface area is 116 Å². The van der Waals surface area contributed by atoms with Crippen LogP contribution in [0.2, 0.25) is 0 Å². The standard InChI is InChI=1S/C11H14N4O.2CHN/c1-7-4-9-10(5-8(7)6-13-12)15(3)11(16)14(9)2;2*1-2/h4-6H,12H2,1-3H3;2*1H. The number of nitriles is 2. The first-order valence-corrected chi connectivity index (χ1v) is 5.47. The first-order chi connectivity index (χ1) is 9.56. The molecule has 1 aromatic heterocycles. The topological polar surface area (TPSA) is 113 Å². The van der Waals surface area contributed by atoms with E-state index in [1.54, 1.807) is 29.4 Å². The summed E-state index contributed by atoms with van der Waals surface area (Å²) in [4.78, 5) is 11.7. The number of hydrazone groups is 1. The lowest BCUT2D eigenvalue weighted by Crippen LogP contribution is -2.19. The zero-order chi connectivity index (χ0) is 15.9. The summed E-state index contributed by atoms with van der Waals surface area (Å²) in [6.07, 6.45) is 1.59. The highest BCUT2D eigenvalue weighted by molar-refractivity contribution is 5.89. The monoisotopic (exact) mass is 272 g/mol. The first-order valence-electron chi connectivity index (χ1n) is 5.47. The van der Waals surface area contributed by atoms with Crippen molar-refractivity contribution in [3.8, 4) is 13.1 Å². The summed E-state index contributed by atoms with van der Waals surface area (Å²) in [6.45, 7) is 8.97. The minimum atomic E-state index is -0.0313. The molecule has 2 N–H and O–H groups in total. The molecule has 0 amide bonds. The Morgan fingerprint density at radius 1 is 1.15 bits per heavy atom. The van der Waals surface area contributed by atoms with E-state index in [0.717, 1.165) is 22.2 Å². The molecule has 20 heavy (non-hydrogen) atoms. The number of imidazole rings is 1. The quantitative estimate of drug-likeness (QED) is 0.469. The molecule has 0 radical (unpaired) electrons. The maximum atomic E-state index is 11.7. The summed E-state index contributed by atoms with van der Waals surface area (Å²) in [7, 11) is 3.52. The zero-order valence-corrected chi connectivity index (χ0v) is 11.6. The molecule has 2 rings (SSSR count). The van der Waals surface area contributed by atoms with Gasteiger partial charge in [-0.1, -0.05) is 0 Å². The zero-order valence-electron chi connectivity index (χ0n) is 11.6. The van der Waals surface area contributed by atoms with Crippen molar-refractivity contribution >= 4 is 17.2 Å². The molecule has 1 aromatic carbocycles. The van der Waals surface area contributed by atoms with Crippen molar-refractivity contribution in [1.29, 1.82) is 10.5 Å². The molecule has 0 bridgehead atoms. The number of hydrogen-bond acceptors (Lipinski definition) is 5. The molecule has 0 aliphatic rings. The summed E-state index contributed by atoms with van der Waals surface area (Å²) in [5.41, 5.74) is 3.74. The molecular weight excluding hydrogens is 256 g/mol. The van der Waals surface area contributed by atoms with Crippen molar-refractivity contribution in [3.05, 3.63) is 33.7 Å². The van der Waals surface area contributed by atoms with Gasteiger partial charge in [-0.2, -0.15) is 5.10 Å². The molecule has 0 saturated carbocycles. The van der Waals surface area contributed by atoms with Crippen molar-refractivity contribution in [3.63, 3.8) is 0 Å². The van der Waals surface area contributed by atoms with Crippen LogP contribution >= 0.6 is 0 Å². The van der Waals surface area contributed by atoms with E-state index in [9.17, 15) is 4.79 Å². The van der Waals surface area contributed by atoms with E-state index in [1.807, 2.05) is 19.1 Å². The third kappa shape index (κ3) is 2.85. The van der Waals surface area contributed by atoms with Gasteiger partial charge >= 0.3 is 5.69 Å². The van der Waals surface area contributed by atoms with E-state index >= 15 is 0 Å². The van der Waals surface area contributed by atoms with E-state index in [2.05, 4.69) is 18.2 Å². The van der Waals surface area contributed by atoms with Crippen LogP contribution in [0, 0.1) is 30.6 Å². The van der Waals surface area contributed by atoms with E-state index in [0.29, 0.717) is 0 Å². The predicted molar refractivity (Wildman–Crippen MR) is 78.0 cm³/mol. The van der Waals surface area contributed by atoms with Crippen molar-refractivity contribution in [2.75, 3.05) is 0 Å². The molecule has 0 saturated heterocycles. The maximum Gasteiger partial charge on any atom is 0.328 e. The van der Waals surface area contributed by atoms with E-state index in [-0.39, 0.29) is 5.69 Å². The number of rotatable bonds is 1. The fourth-order valence-corrected chi connectivity index (χ4v) is 1.89. The maximum absolute atomic E-state index is 11.7. The molecular formula is C13H16N6O. The van der Waals surface area contributed by atoms with Gasteiger partial charge in [0, 0.05) is 27.2 Å². The molecule has 0 aliphatic carbocycles. The van der Waals surface area contributed by atoms with Crippen LogP contribution in [-0.4, -0.2) is 15.3 Å². The predicted octanol–water partition coefficient (Wildman–Crippen LogP) is 0.758. The lowest BCUT2D eigenvalue weighted by Gasteiger charge is -2.01. The smallest absolute Gasteiger partial charge is 0.323 e. The number of nitrogens with zero attached hydrogens (tertiary/aromatic N) is 5. The van der Waals surface area contributed by atoms with Gasteiger partial charge < -0.3 is 5.84 Å². The van der Waals surface area contributed by atoms with Crippen LogP contribution in [0.4, 0.5) is 0 Å². The Morgan fingerprint density at radius 2 is 1.60 bits per heavy atom. The Morgan fingerprint density at radius 3 is 2.05 bits per heavy atom. The largest absolute Gasteiger partial charge is 0.328 e. The second kappa shape index (κ2) is 7.39. The number of benzene rings is 1. The van der Waals surface area contributed by atoms with Gasteiger partial charge in [0.2, 0.25) is 0 Å². The van der Waals surface area contributed by atoms with Crippen LogP contribution in [0.1, 0.15) is 11.1 Å². The molecule has 0 spiro atoms. The summed E-state index contributed by atoms with van der Waals surface area (Å²) < 4.78 is 3.24. The van der Waals surface area contributed by atoms with Crippen molar-refractivity contribution in [2.24, 2.45) is 25.0 Å². The number of nitrogens with two attached hydrogens (primary N) is 1. The van der Waals surface area contributed by atoms with Crippen molar-refractivity contribution < 1.29 is 0 Å². The van der Waals surface area contributed by atoms with Crippen molar-refractivity contribution in [1.82, 2.24) is 9.13 Å². The summed E-state index contributed by atoms with van der Waals surface area (Å²) >= 11 is 0. The van der Waals surface area contributed by atoms with Crippen LogP contribution in [0.5, 0.6) is 0 Å². The molecule has 104 valence electrons. The summed E-state index contributed by atoms with van der Waals surface area (Å²) in [5, 5.41) is 16.5. The van der Waals surface area contributed by atoms with E-state index in [1.165, 1.54) is 0 Å². The molecule has 0 fully saturated rings. The van der Waals surface area contributed by atoms with Gasteiger partial charge in [-0.25, -0.2) is 15.3 Å². The third-order valence-electron chi connectivity index (χ3n) is 2.87. The Hall–Kier alpha value is -3.06. The fraction of sp³-hybridized carbons (Fsp3) is 0.231. The highest BCUT2D eigenvalue weighted by atomic mass is 16.1. The number of fused-ring (bicyclic) bond motifs is 1. The van der Waals surface area contributed by atoms with Gasteiger partial charge in [0.1, 0.15) is 0 Å². The highest BCUT2D eigenvalue weighted by Gasteiger charge is 2.09. The van der Waals surface area contributed by atoms with Crippen LogP contribution in [0.25, 0.3) is 11.0 Å².